The Morgan fingerprint density at radius 2 is 1.86 bits per heavy atom. The lowest BCUT2D eigenvalue weighted by Crippen LogP contribution is -2.36. The number of hydrogen-bond acceptors (Lipinski definition) is 3. The molecule has 0 aliphatic carbocycles. The Labute approximate surface area is 163 Å². The molecule has 0 saturated carbocycles. The van der Waals surface area contributed by atoms with Crippen LogP contribution in [0.5, 0.6) is 0 Å². The lowest BCUT2D eigenvalue weighted by Gasteiger charge is -2.24. The molecule has 2 heterocycles. The minimum Gasteiger partial charge on any atom is -0.324 e. The van der Waals surface area contributed by atoms with E-state index in [0.717, 1.165) is 12.1 Å². The first-order valence-electron chi connectivity index (χ1n) is 8.74. The number of aromatic nitrogens is 2. The summed E-state index contributed by atoms with van der Waals surface area (Å²) in [5, 5.41) is 9.62. The van der Waals surface area contributed by atoms with Crippen molar-refractivity contribution in [2.45, 2.75) is 19.4 Å². The Hall–Kier alpha value is -3.62. The van der Waals surface area contributed by atoms with Crippen molar-refractivity contribution >= 4 is 23.3 Å². The number of rotatable bonds is 3. The maximum Gasteiger partial charge on any atom is 0.249 e. The molecule has 1 aliphatic heterocycles. The van der Waals surface area contributed by atoms with E-state index < -0.39 is 29.4 Å². The first kappa shape index (κ1) is 18.7. The topological polar surface area (TPSA) is 76.0 Å². The van der Waals surface area contributed by atoms with Gasteiger partial charge in [-0.3, -0.25) is 9.59 Å². The number of carbonyl (C=O) groups is 2. The molecule has 29 heavy (non-hydrogen) atoms. The van der Waals surface area contributed by atoms with Crippen LogP contribution in [0.15, 0.2) is 42.5 Å². The summed E-state index contributed by atoms with van der Waals surface area (Å²) in [6.07, 6.45) is -0.174. The van der Waals surface area contributed by atoms with Crippen molar-refractivity contribution in [2.75, 3.05) is 10.6 Å². The number of fused-ring (bicyclic) bond motifs is 1. The predicted molar refractivity (Wildman–Crippen MR) is 99.6 cm³/mol. The number of hydrogen-bond donors (Lipinski definition) is 2. The van der Waals surface area contributed by atoms with E-state index in [4.69, 9.17) is 0 Å². The van der Waals surface area contributed by atoms with Crippen LogP contribution in [0.25, 0.3) is 11.3 Å². The van der Waals surface area contributed by atoms with Crippen LogP contribution in [-0.2, 0) is 9.59 Å². The van der Waals surface area contributed by atoms with Gasteiger partial charge in [0.15, 0.2) is 11.6 Å². The quantitative estimate of drug-likeness (QED) is 0.702. The number of anilines is 2. The van der Waals surface area contributed by atoms with Gasteiger partial charge in [0.05, 0.1) is 12.1 Å². The van der Waals surface area contributed by atoms with Crippen molar-refractivity contribution in [1.29, 1.82) is 0 Å². The van der Waals surface area contributed by atoms with Crippen LogP contribution in [0.4, 0.5) is 24.7 Å². The van der Waals surface area contributed by atoms with Gasteiger partial charge in [0.25, 0.3) is 0 Å². The molecular weight excluding hydrogens is 385 g/mol. The molecule has 2 N–H and O–H groups in total. The highest BCUT2D eigenvalue weighted by Gasteiger charge is 2.34. The monoisotopic (exact) mass is 400 g/mol. The molecule has 4 rings (SSSR count). The van der Waals surface area contributed by atoms with E-state index in [2.05, 4.69) is 15.7 Å². The average molecular weight is 400 g/mol. The molecular formula is C20H15F3N4O2. The van der Waals surface area contributed by atoms with E-state index in [1.165, 1.54) is 22.9 Å². The molecule has 0 radical (unpaired) electrons. The van der Waals surface area contributed by atoms with Gasteiger partial charge < -0.3 is 10.6 Å². The fourth-order valence-corrected chi connectivity index (χ4v) is 3.22. The normalized spacial score (nSPS) is 15.6. The molecule has 1 aromatic heterocycles. The van der Waals surface area contributed by atoms with Crippen LogP contribution in [0.1, 0.15) is 18.0 Å². The Bertz CT molecular complexity index is 1130. The Kier molecular flexibility index (Phi) is 4.57. The number of amides is 2. The molecule has 148 valence electrons. The molecule has 3 aromatic rings. The maximum atomic E-state index is 13.4. The van der Waals surface area contributed by atoms with Gasteiger partial charge in [-0.15, -0.1) is 0 Å². The predicted octanol–water partition coefficient (Wildman–Crippen LogP) is 3.80. The summed E-state index contributed by atoms with van der Waals surface area (Å²) in [6, 6.07) is 7.67. The average Bonchev–Trinajstić information content (AvgIpc) is 3.01. The van der Waals surface area contributed by atoms with Crippen LogP contribution >= 0.6 is 0 Å². The second-order valence-corrected chi connectivity index (χ2v) is 6.66. The lowest BCUT2D eigenvalue weighted by molar-refractivity contribution is -0.125. The van der Waals surface area contributed by atoms with Crippen molar-refractivity contribution in [3.05, 3.63) is 65.5 Å². The maximum absolute atomic E-state index is 13.4. The molecule has 1 aliphatic rings. The fraction of sp³-hybridized carbons (Fsp3) is 0.150. The fourth-order valence-electron chi connectivity index (χ4n) is 3.22. The van der Waals surface area contributed by atoms with Crippen LogP contribution in [0.2, 0.25) is 0 Å². The molecule has 0 fully saturated rings. The van der Waals surface area contributed by atoms with Gasteiger partial charge in [0, 0.05) is 22.9 Å². The minimum absolute atomic E-state index is 0.0593. The summed E-state index contributed by atoms with van der Waals surface area (Å²) in [4.78, 5) is 24.9. The highest BCUT2D eigenvalue weighted by atomic mass is 19.2. The van der Waals surface area contributed by atoms with Gasteiger partial charge in [-0.25, -0.2) is 17.9 Å². The summed E-state index contributed by atoms with van der Waals surface area (Å²) in [6.45, 7) is 1.73. The zero-order valence-electron chi connectivity index (χ0n) is 15.2. The largest absolute Gasteiger partial charge is 0.324 e. The molecule has 0 spiro atoms. The molecule has 2 amide bonds. The molecule has 0 unspecified atom stereocenters. The van der Waals surface area contributed by atoms with Gasteiger partial charge >= 0.3 is 0 Å². The van der Waals surface area contributed by atoms with Gasteiger partial charge in [-0.2, -0.15) is 5.10 Å². The van der Waals surface area contributed by atoms with Crippen molar-refractivity contribution in [1.82, 2.24) is 9.78 Å². The van der Waals surface area contributed by atoms with Crippen LogP contribution in [-0.4, -0.2) is 21.6 Å². The number of nitrogens with one attached hydrogen (secondary N) is 2. The smallest absolute Gasteiger partial charge is 0.249 e. The third kappa shape index (κ3) is 3.46. The highest BCUT2D eigenvalue weighted by molar-refractivity contribution is 6.02. The van der Waals surface area contributed by atoms with Crippen LogP contribution in [0, 0.1) is 24.4 Å². The van der Waals surface area contributed by atoms with E-state index in [1.807, 2.05) is 0 Å². The van der Waals surface area contributed by atoms with E-state index >= 15 is 0 Å². The Morgan fingerprint density at radius 3 is 2.55 bits per heavy atom. The first-order valence-corrected chi connectivity index (χ1v) is 8.74. The minimum atomic E-state index is -1.10. The summed E-state index contributed by atoms with van der Waals surface area (Å²) < 4.78 is 41.1. The van der Waals surface area contributed by atoms with Gasteiger partial charge in [0.1, 0.15) is 17.7 Å². The number of nitrogens with zero attached hydrogens (tertiary/aromatic N) is 2. The van der Waals surface area contributed by atoms with E-state index in [-0.39, 0.29) is 18.0 Å². The molecule has 0 bridgehead atoms. The van der Waals surface area contributed by atoms with E-state index in [9.17, 15) is 22.8 Å². The van der Waals surface area contributed by atoms with E-state index in [0.29, 0.717) is 22.6 Å². The summed E-state index contributed by atoms with van der Waals surface area (Å²) in [7, 11) is 0. The summed E-state index contributed by atoms with van der Waals surface area (Å²) in [5.74, 6) is -3.15. The number of carbonyl (C=O) groups excluding carboxylic acids is 2. The zero-order valence-corrected chi connectivity index (χ0v) is 15.2. The summed E-state index contributed by atoms with van der Waals surface area (Å²) in [5.41, 5.74) is 1.80. The molecule has 6 nitrogen and oxygen atoms in total. The lowest BCUT2D eigenvalue weighted by atomic mass is 10.1. The molecule has 2 aromatic carbocycles. The Morgan fingerprint density at radius 1 is 1.14 bits per heavy atom. The third-order valence-corrected chi connectivity index (χ3v) is 4.69. The first-order chi connectivity index (χ1) is 13.8. The van der Waals surface area contributed by atoms with Crippen molar-refractivity contribution in [3.8, 4) is 11.3 Å². The second-order valence-electron chi connectivity index (χ2n) is 6.66. The van der Waals surface area contributed by atoms with Gasteiger partial charge in [0.2, 0.25) is 11.8 Å². The van der Waals surface area contributed by atoms with Crippen LogP contribution < -0.4 is 10.6 Å². The Balaban J connectivity index is 1.69. The van der Waals surface area contributed by atoms with Crippen molar-refractivity contribution in [2.24, 2.45) is 0 Å². The number of benzene rings is 2. The van der Waals surface area contributed by atoms with Crippen LogP contribution in [0.3, 0.4) is 0 Å². The molecule has 0 saturated heterocycles. The van der Waals surface area contributed by atoms with Gasteiger partial charge in [-0.1, -0.05) is 0 Å². The van der Waals surface area contributed by atoms with Crippen molar-refractivity contribution < 1.29 is 22.8 Å². The summed E-state index contributed by atoms with van der Waals surface area (Å²) >= 11 is 0. The third-order valence-electron chi connectivity index (χ3n) is 4.69. The molecule has 9 heteroatoms. The molecule has 1 atom stereocenters. The standard InChI is InChI=1S/C20H15F3N4O2/c1-10-18(11-2-4-12(21)5-3-11)26-27-16(9-17(28)25-19(10)27)20(29)24-13-6-7-14(22)15(23)8-13/h2-8,16H,9H2,1H3,(H,24,29)(H,25,28)/t16-/m0/s1. The van der Waals surface area contributed by atoms with E-state index in [1.54, 1.807) is 19.1 Å². The highest BCUT2D eigenvalue weighted by Crippen LogP contribution is 2.34. The SMILES string of the molecule is Cc1c(-c2ccc(F)cc2)nn2c1NC(=O)C[C@H]2C(=O)Nc1ccc(F)c(F)c1. The van der Waals surface area contributed by atoms with Gasteiger partial charge in [-0.05, 0) is 43.3 Å². The second kappa shape index (κ2) is 7.08. The van der Waals surface area contributed by atoms with Crippen molar-refractivity contribution in [3.63, 3.8) is 0 Å². The number of halogens is 3. The zero-order chi connectivity index (χ0) is 20.7.